The van der Waals surface area contributed by atoms with Gasteiger partial charge in [-0.1, -0.05) is 12.1 Å². The van der Waals surface area contributed by atoms with E-state index in [9.17, 15) is 13.2 Å². The zero-order valence-electron chi connectivity index (χ0n) is 11.7. The summed E-state index contributed by atoms with van der Waals surface area (Å²) in [5.41, 5.74) is 0.830. The van der Waals surface area contributed by atoms with Crippen LogP contribution in [0.4, 0.5) is 0 Å². The Morgan fingerprint density at radius 1 is 1.29 bits per heavy atom. The van der Waals surface area contributed by atoms with E-state index in [0.29, 0.717) is 30.9 Å². The van der Waals surface area contributed by atoms with Crippen LogP contribution in [0.2, 0.25) is 0 Å². The lowest BCUT2D eigenvalue weighted by molar-refractivity contribution is 0.0725. The van der Waals surface area contributed by atoms with E-state index >= 15 is 0 Å². The van der Waals surface area contributed by atoms with Gasteiger partial charge in [-0.25, -0.2) is 13.4 Å². The molecule has 0 saturated carbocycles. The topological polar surface area (TPSA) is 67.3 Å². The number of likely N-dealkylation sites (tertiary alicyclic amines) is 1. The molecule has 1 saturated heterocycles. The van der Waals surface area contributed by atoms with E-state index in [1.54, 1.807) is 4.90 Å². The van der Waals surface area contributed by atoms with Crippen LogP contribution in [0.15, 0.2) is 24.3 Å². The van der Waals surface area contributed by atoms with E-state index in [4.69, 9.17) is 0 Å². The Labute approximate surface area is 127 Å². The first-order chi connectivity index (χ1) is 9.95. The van der Waals surface area contributed by atoms with Crippen LogP contribution in [0.3, 0.4) is 0 Å². The number of carbonyl (C=O) groups is 1. The summed E-state index contributed by atoms with van der Waals surface area (Å²) in [6.07, 6.45) is 2.29. The van der Waals surface area contributed by atoms with Crippen molar-refractivity contribution in [3.63, 3.8) is 0 Å². The smallest absolute Gasteiger partial charge is 0.282 e. The van der Waals surface area contributed by atoms with Crippen LogP contribution in [0.5, 0.6) is 0 Å². The summed E-state index contributed by atoms with van der Waals surface area (Å²) in [6.45, 7) is 0.957. The molecule has 2 aromatic rings. The molecule has 0 spiro atoms. The first-order valence-electron chi connectivity index (χ1n) is 6.79. The first-order valence-corrected chi connectivity index (χ1v) is 9.56. The lowest BCUT2D eigenvalue weighted by Gasteiger charge is -2.30. The van der Waals surface area contributed by atoms with Crippen molar-refractivity contribution >= 4 is 37.3 Å². The average molecular weight is 324 g/mol. The first kappa shape index (κ1) is 14.5. The van der Waals surface area contributed by atoms with Crippen LogP contribution in [0.25, 0.3) is 10.2 Å². The monoisotopic (exact) mass is 324 g/mol. The van der Waals surface area contributed by atoms with Crippen LogP contribution in [-0.4, -0.2) is 48.8 Å². The molecule has 0 N–H and O–H groups in total. The minimum absolute atomic E-state index is 0.0943. The van der Waals surface area contributed by atoms with Gasteiger partial charge in [0.2, 0.25) is 0 Å². The third-order valence-electron chi connectivity index (χ3n) is 3.81. The van der Waals surface area contributed by atoms with E-state index in [2.05, 4.69) is 4.98 Å². The maximum Gasteiger partial charge on any atom is 0.282 e. The molecule has 0 unspecified atom stereocenters. The molecule has 1 aliphatic rings. The molecule has 5 nitrogen and oxygen atoms in total. The number of fused-ring (bicyclic) bond motifs is 1. The maximum absolute atomic E-state index is 12.5. The second-order valence-electron chi connectivity index (χ2n) is 5.31. The quantitative estimate of drug-likeness (QED) is 0.847. The molecule has 0 atom stereocenters. The van der Waals surface area contributed by atoms with Gasteiger partial charge < -0.3 is 4.90 Å². The lowest BCUT2D eigenvalue weighted by atomic mass is 10.1. The van der Waals surface area contributed by atoms with Crippen molar-refractivity contribution in [1.82, 2.24) is 9.88 Å². The summed E-state index contributed by atoms with van der Waals surface area (Å²) in [5.74, 6) is -0.0943. The molecule has 3 rings (SSSR count). The van der Waals surface area contributed by atoms with Gasteiger partial charge in [-0.15, -0.1) is 11.3 Å². The number of thiazole rings is 1. The zero-order chi connectivity index (χ0) is 15.0. The van der Waals surface area contributed by atoms with Gasteiger partial charge in [0.25, 0.3) is 5.91 Å². The number of carbonyl (C=O) groups excluding carboxylic acids is 1. The van der Waals surface area contributed by atoms with E-state index in [1.165, 1.54) is 17.6 Å². The highest BCUT2D eigenvalue weighted by molar-refractivity contribution is 7.91. The van der Waals surface area contributed by atoms with Gasteiger partial charge in [0, 0.05) is 19.3 Å². The number of rotatable bonds is 2. The number of amides is 1. The van der Waals surface area contributed by atoms with Crippen LogP contribution in [0, 0.1) is 0 Å². The SMILES string of the molecule is CS(=O)(=O)C1CCN(C(=O)c2nc3ccccc3s2)CC1. The predicted octanol–water partition coefficient (Wildman–Crippen LogP) is 1.95. The number of hydrogen-bond acceptors (Lipinski definition) is 5. The molecule has 1 aliphatic heterocycles. The zero-order valence-corrected chi connectivity index (χ0v) is 13.3. The molecule has 1 fully saturated rings. The predicted molar refractivity (Wildman–Crippen MR) is 83.4 cm³/mol. The largest absolute Gasteiger partial charge is 0.337 e. The molecule has 1 aromatic heterocycles. The van der Waals surface area contributed by atoms with Crippen LogP contribution >= 0.6 is 11.3 Å². The summed E-state index contributed by atoms with van der Waals surface area (Å²) in [4.78, 5) is 18.5. The molecule has 0 radical (unpaired) electrons. The van der Waals surface area contributed by atoms with E-state index in [0.717, 1.165) is 10.2 Å². The summed E-state index contributed by atoms with van der Waals surface area (Å²) < 4.78 is 24.1. The maximum atomic E-state index is 12.5. The highest BCUT2D eigenvalue weighted by Crippen LogP contribution is 2.24. The standard InChI is InChI=1S/C14H16N2O3S2/c1-21(18,19)10-6-8-16(9-7-10)14(17)13-15-11-4-2-3-5-12(11)20-13/h2-5,10H,6-9H2,1H3. The molecule has 2 heterocycles. The molecule has 112 valence electrons. The van der Waals surface area contributed by atoms with Gasteiger partial charge in [0.15, 0.2) is 5.01 Å². The highest BCUT2D eigenvalue weighted by Gasteiger charge is 2.30. The minimum Gasteiger partial charge on any atom is -0.337 e. The van der Waals surface area contributed by atoms with Gasteiger partial charge in [0.1, 0.15) is 9.84 Å². The Bertz CT molecular complexity index is 741. The Balaban J connectivity index is 1.75. The number of sulfone groups is 1. The van der Waals surface area contributed by atoms with Gasteiger partial charge in [-0.05, 0) is 25.0 Å². The van der Waals surface area contributed by atoms with Crippen LogP contribution < -0.4 is 0 Å². The Kier molecular flexibility index (Phi) is 3.71. The number of nitrogens with zero attached hydrogens (tertiary/aromatic N) is 2. The molecule has 0 bridgehead atoms. The molecule has 1 amide bonds. The number of benzene rings is 1. The van der Waals surface area contributed by atoms with Crippen molar-refractivity contribution in [2.24, 2.45) is 0 Å². The molecular weight excluding hydrogens is 308 g/mol. The molecular formula is C14H16N2O3S2. The Morgan fingerprint density at radius 2 is 1.95 bits per heavy atom. The normalized spacial score (nSPS) is 17.3. The van der Waals surface area contributed by atoms with Crippen molar-refractivity contribution in [3.05, 3.63) is 29.3 Å². The molecule has 0 aliphatic carbocycles. The van der Waals surface area contributed by atoms with Crippen LogP contribution in [0.1, 0.15) is 22.6 Å². The van der Waals surface area contributed by atoms with Gasteiger partial charge in [0.05, 0.1) is 15.5 Å². The number of para-hydroxylation sites is 1. The second-order valence-corrected chi connectivity index (χ2v) is 8.66. The Morgan fingerprint density at radius 3 is 2.57 bits per heavy atom. The lowest BCUT2D eigenvalue weighted by Crippen LogP contribution is -2.42. The summed E-state index contributed by atoms with van der Waals surface area (Å²) in [6, 6.07) is 7.65. The summed E-state index contributed by atoms with van der Waals surface area (Å²) in [7, 11) is -3.01. The summed E-state index contributed by atoms with van der Waals surface area (Å²) >= 11 is 1.38. The molecule has 1 aromatic carbocycles. The van der Waals surface area contributed by atoms with E-state index in [-0.39, 0.29) is 11.2 Å². The molecule has 7 heteroatoms. The van der Waals surface area contributed by atoms with E-state index in [1.807, 2.05) is 24.3 Å². The summed E-state index contributed by atoms with van der Waals surface area (Å²) in [5, 5.41) is 0.158. The van der Waals surface area contributed by atoms with Gasteiger partial charge in [-0.2, -0.15) is 0 Å². The third kappa shape index (κ3) is 2.94. The van der Waals surface area contributed by atoms with Crippen molar-refractivity contribution in [1.29, 1.82) is 0 Å². The highest BCUT2D eigenvalue weighted by atomic mass is 32.2. The van der Waals surface area contributed by atoms with E-state index < -0.39 is 9.84 Å². The third-order valence-corrected chi connectivity index (χ3v) is 6.52. The fourth-order valence-electron chi connectivity index (χ4n) is 2.59. The fraction of sp³-hybridized carbons (Fsp3) is 0.429. The van der Waals surface area contributed by atoms with Crippen molar-refractivity contribution in [2.75, 3.05) is 19.3 Å². The van der Waals surface area contributed by atoms with Crippen LogP contribution in [-0.2, 0) is 9.84 Å². The number of hydrogen-bond donors (Lipinski definition) is 0. The number of piperidine rings is 1. The Hall–Kier alpha value is -1.47. The van der Waals surface area contributed by atoms with Crippen molar-refractivity contribution < 1.29 is 13.2 Å². The van der Waals surface area contributed by atoms with Crippen molar-refractivity contribution in [3.8, 4) is 0 Å². The molecule has 21 heavy (non-hydrogen) atoms. The minimum atomic E-state index is -3.01. The fourth-order valence-corrected chi connectivity index (χ4v) is 4.59. The van der Waals surface area contributed by atoms with Gasteiger partial charge >= 0.3 is 0 Å². The number of aromatic nitrogens is 1. The average Bonchev–Trinajstić information content (AvgIpc) is 2.89. The van der Waals surface area contributed by atoms with Gasteiger partial charge in [-0.3, -0.25) is 4.79 Å². The second kappa shape index (κ2) is 5.38. The van der Waals surface area contributed by atoms with Crippen molar-refractivity contribution in [2.45, 2.75) is 18.1 Å².